The summed E-state index contributed by atoms with van der Waals surface area (Å²) in [5.41, 5.74) is 1.34. The number of benzene rings is 1. The maximum absolute atomic E-state index is 12.7. The minimum atomic E-state index is -3.43. The third kappa shape index (κ3) is 2.90. The second-order valence-corrected chi connectivity index (χ2v) is 7.41. The van der Waals surface area contributed by atoms with E-state index in [1.54, 1.807) is 29.4 Å². The van der Waals surface area contributed by atoms with Crippen LogP contribution in [0.4, 0.5) is 0 Å². The van der Waals surface area contributed by atoms with Gasteiger partial charge in [-0.05, 0) is 42.9 Å². The zero-order valence-corrected chi connectivity index (χ0v) is 13.0. The average Bonchev–Trinajstić information content (AvgIpc) is 2.88. The van der Waals surface area contributed by atoms with E-state index in [2.05, 4.69) is 6.92 Å². The van der Waals surface area contributed by atoms with Crippen molar-refractivity contribution in [3.63, 3.8) is 0 Å². The van der Waals surface area contributed by atoms with Gasteiger partial charge >= 0.3 is 0 Å². The molecule has 0 amide bonds. The maximum Gasteiger partial charge on any atom is 0.243 e. The first-order valence-electron chi connectivity index (χ1n) is 7.20. The topological polar surface area (TPSA) is 57.6 Å². The molecule has 4 nitrogen and oxygen atoms in total. The molecule has 0 aliphatic carbocycles. The first-order valence-corrected chi connectivity index (χ1v) is 8.64. The summed E-state index contributed by atoms with van der Waals surface area (Å²) in [5.74, 6) is 0.483. The van der Waals surface area contributed by atoms with Gasteiger partial charge in [-0.25, -0.2) is 8.42 Å². The van der Waals surface area contributed by atoms with Gasteiger partial charge in [0.1, 0.15) is 0 Å². The molecule has 1 aliphatic rings. The Morgan fingerprint density at radius 3 is 2.80 bits per heavy atom. The number of sulfonamides is 1. The highest BCUT2D eigenvalue weighted by atomic mass is 32.2. The first-order chi connectivity index (χ1) is 9.50. The highest BCUT2D eigenvalue weighted by Gasteiger charge is 2.33. The van der Waals surface area contributed by atoms with Crippen molar-refractivity contribution in [2.75, 3.05) is 13.1 Å². The lowest BCUT2D eigenvalue weighted by molar-refractivity contribution is 0.280. The van der Waals surface area contributed by atoms with Gasteiger partial charge in [0.25, 0.3) is 0 Å². The molecule has 0 aromatic heterocycles. The van der Waals surface area contributed by atoms with Crippen molar-refractivity contribution < 1.29 is 13.5 Å². The van der Waals surface area contributed by atoms with E-state index in [-0.39, 0.29) is 6.61 Å². The summed E-state index contributed by atoms with van der Waals surface area (Å²) < 4.78 is 27.0. The Hall–Kier alpha value is -0.910. The van der Waals surface area contributed by atoms with Crippen molar-refractivity contribution >= 4 is 10.0 Å². The quantitative estimate of drug-likeness (QED) is 0.907. The molecule has 112 valence electrons. The minimum Gasteiger partial charge on any atom is -0.392 e. The van der Waals surface area contributed by atoms with Crippen LogP contribution < -0.4 is 0 Å². The summed E-state index contributed by atoms with van der Waals surface area (Å²) in [5, 5.41) is 9.28. The van der Waals surface area contributed by atoms with Gasteiger partial charge in [0, 0.05) is 13.1 Å². The standard InChI is InChI=1S/C15H23NO3S/c1-3-5-13-8-9-16(10-13)20(18,19)15-7-4-6-14(11-17)12(15)2/h4,6-7,13,17H,3,5,8-11H2,1-2H3. The predicted molar refractivity (Wildman–Crippen MR) is 78.9 cm³/mol. The lowest BCUT2D eigenvalue weighted by Gasteiger charge is -2.19. The van der Waals surface area contributed by atoms with Crippen LogP contribution in [-0.4, -0.2) is 30.9 Å². The fraction of sp³-hybridized carbons (Fsp3) is 0.600. The van der Waals surface area contributed by atoms with Crippen LogP contribution >= 0.6 is 0 Å². The molecule has 0 bridgehead atoms. The van der Waals surface area contributed by atoms with Crippen LogP contribution in [0.2, 0.25) is 0 Å². The van der Waals surface area contributed by atoms with Crippen molar-refractivity contribution in [3.05, 3.63) is 29.3 Å². The average molecular weight is 297 g/mol. The van der Waals surface area contributed by atoms with Crippen LogP contribution in [0.1, 0.15) is 37.3 Å². The Morgan fingerprint density at radius 2 is 2.15 bits per heavy atom. The molecule has 5 heteroatoms. The van der Waals surface area contributed by atoms with Crippen LogP contribution in [0.25, 0.3) is 0 Å². The van der Waals surface area contributed by atoms with Gasteiger partial charge in [-0.1, -0.05) is 25.5 Å². The smallest absolute Gasteiger partial charge is 0.243 e. The largest absolute Gasteiger partial charge is 0.392 e. The summed E-state index contributed by atoms with van der Waals surface area (Å²) >= 11 is 0. The molecular formula is C15H23NO3S. The van der Waals surface area contributed by atoms with Gasteiger partial charge in [0.2, 0.25) is 10.0 Å². The van der Waals surface area contributed by atoms with Crippen LogP contribution in [0.15, 0.2) is 23.1 Å². The van der Waals surface area contributed by atoms with E-state index < -0.39 is 10.0 Å². The van der Waals surface area contributed by atoms with Crippen LogP contribution in [0.5, 0.6) is 0 Å². The molecule has 1 aromatic carbocycles. The van der Waals surface area contributed by atoms with E-state index in [4.69, 9.17) is 0 Å². The van der Waals surface area contributed by atoms with Crippen molar-refractivity contribution in [1.82, 2.24) is 4.31 Å². The van der Waals surface area contributed by atoms with Gasteiger partial charge < -0.3 is 5.11 Å². The van der Waals surface area contributed by atoms with Gasteiger partial charge in [0.05, 0.1) is 11.5 Å². The summed E-state index contributed by atoms with van der Waals surface area (Å²) in [4.78, 5) is 0.334. The van der Waals surface area contributed by atoms with E-state index in [0.717, 1.165) is 19.3 Å². The molecule has 2 rings (SSSR count). The minimum absolute atomic E-state index is 0.131. The fourth-order valence-corrected chi connectivity index (χ4v) is 4.71. The molecule has 1 fully saturated rings. The maximum atomic E-state index is 12.7. The molecule has 1 heterocycles. The Morgan fingerprint density at radius 1 is 1.40 bits per heavy atom. The Kier molecular flexibility index (Phi) is 4.83. The summed E-state index contributed by atoms with van der Waals surface area (Å²) in [7, 11) is -3.43. The van der Waals surface area contributed by atoms with Gasteiger partial charge in [-0.15, -0.1) is 0 Å². The third-order valence-corrected chi connectivity index (χ3v) is 6.14. The number of nitrogens with zero attached hydrogens (tertiary/aromatic N) is 1. The highest BCUT2D eigenvalue weighted by Crippen LogP contribution is 2.29. The van der Waals surface area contributed by atoms with Crippen molar-refractivity contribution in [2.45, 2.75) is 44.6 Å². The number of rotatable bonds is 5. The number of aliphatic hydroxyl groups is 1. The normalized spacial score (nSPS) is 20.4. The molecular weight excluding hydrogens is 274 g/mol. The van der Waals surface area contributed by atoms with Crippen molar-refractivity contribution in [1.29, 1.82) is 0 Å². The molecule has 0 saturated carbocycles. The van der Waals surface area contributed by atoms with E-state index in [1.165, 1.54) is 0 Å². The Labute approximate surface area is 121 Å². The van der Waals surface area contributed by atoms with E-state index in [9.17, 15) is 13.5 Å². The molecule has 1 saturated heterocycles. The van der Waals surface area contributed by atoms with Crippen molar-refractivity contribution in [2.24, 2.45) is 5.92 Å². The summed E-state index contributed by atoms with van der Waals surface area (Å²) in [6.45, 7) is 4.99. The number of hydrogen-bond acceptors (Lipinski definition) is 3. The highest BCUT2D eigenvalue weighted by molar-refractivity contribution is 7.89. The monoisotopic (exact) mass is 297 g/mol. The fourth-order valence-electron chi connectivity index (χ4n) is 2.91. The molecule has 1 aromatic rings. The molecule has 1 N–H and O–H groups in total. The lowest BCUT2D eigenvalue weighted by atomic mass is 10.0. The number of hydrogen-bond donors (Lipinski definition) is 1. The Bertz CT molecular complexity index is 568. The van der Waals surface area contributed by atoms with Crippen LogP contribution in [-0.2, 0) is 16.6 Å². The van der Waals surface area contributed by atoms with E-state index in [0.29, 0.717) is 35.0 Å². The van der Waals surface area contributed by atoms with Crippen LogP contribution in [0, 0.1) is 12.8 Å². The second-order valence-electron chi connectivity index (χ2n) is 5.50. The van der Waals surface area contributed by atoms with E-state index >= 15 is 0 Å². The zero-order chi connectivity index (χ0) is 14.8. The van der Waals surface area contributed by atoms with Gasteiger partial charge in [-0.2, -0.15) is 4.31 Å². The third-order valence-electron chi connectivity index (χ3n) is 4.13. The lowest BCUT2D eigenvalue weighted by Crippen LogP contribution is -2.29. The molecule has 20 heavy (non-hydrogen) atoms. The second kappa shape index (κ2) is 6.24. The number of aliphatic hydroxyl groups excluding tert-OH is 1. The van der Waals surface area contributed by atoms with Crippen LogP contribution in [0.3, 0.4) is 0 Å². The summed E-state index contributed by atoms with van der Waals surface area (Å²) in [6, 6.07) is 5.10. The van der Waals surface area contributed by atoms with Gasteiger partial charge in [-0.3, -0.25) is 0 Å². The zero-order valence-electron chi connectivity index (χ0n) is 12.2. The predicted octanol–water partition coefficient (Wildman–Crippen LogP) is 2.30. The van der Waals surface area contributed by atoms with Gasteiger partial charge in [0.15, 0.2) is 0 Å². The molecule has 0 radical (unpaired) electrons. The Balaban J connectivity index is 2.28. The molecule has 1 unspecified atom stereocenters. The first kappa shape index (κ1) is 15.5. The summed E-state index contributed by atoms with van der Waals surface area (Å²) in [6.07, 6.45) is 3.13. The molecule has 1 atom stereocenters. The molecule has 1 aliphatic heterocycles. The van der Waals surface area contributed by atoms with E-state index in [1.807, 2.05) is 0 Å². The van der Waals surface area contributed by atoms with Crippen molar-refractivity contribution in [3.8, 4) is 0 Å². The SMILES string of the molecule is CCCC1CCN(S(=O)(=O)c2cccc(CO)c2C)C1. The molecule has 0 spiro atoms.